The second-order valence-corrected chi connectivity index (χ2v) is 5.16. The van der Waals surface area contributed by atoms with Crippen LogP contribution >= 0.6 is 15.9 Å². The number of rotatable bonds is 7. The number of anilines is 1. The van der Waals surface area contributed by atoms with Crippen molar-refractivity contribution in [1.82, 2.24) is 5.01 Å². The van der Waals surface area contributed by atoms with Crippen molar-refractivity contribution in [3.63, 3.8) is 0 Å². The normalized spacial score (nSPS) is 11.9. The minimum absolute atomic E-state index is 0.219. The fourth-order valence-corrected chi connectivity index (χ4v) is 2.40. The summed E-state index contributed by atoms with van der Waals surface area (Å²) in [5.41, 5.74) is 3.61. The molecule has 0 aromatic heterocycles. The largest absolute Gasteiger partial charge is 0.493 e. The lowest BCUT2D eigenvalue weighted by atomic mass is 10.2. The highest BCUT2D eigenvalue weighted by Crippen LogP contribution is 2.33. The number of benzene rings is 1. The predicted octanol–water partition coefficient (Wildman–Crippen LogP) is 2.24. The molecule has 7 heteroatoms. The van der Waals surface area contributed by atoms with Crippen LogP contribution in [0.4, 0.5) is 5.69 Å². The predicted molar refractivity (Wildman–Crippen MR) is 83.2 cm³/mol. The molecular formula is C14H19BrN2O4. The zero-order chi connectivity index (χ0) is 16.0. The molecule has 1 aromatic rings. The number of carbonyl (C=O) groups excluding carboxylic acids is 2. The molecule has 0 heterocycles. The van der Waals surface area contributed by atoms with Gasteiger partial charge in [0.2, 0.25) is 0 Å². The van der Waals surface area contributed by atoms with Crippen LogP contribution < -0.4 is 10.2 Å². The maximum Gasteiger partial charge on any atom is 0.332 e. The summed E-state index contributed by atoms with van der Waals surface area (Å²) >= 11 is 3.37. The number of likely N-dealkylation sites (N-methyl/N-ethyl adjacent to an activating group) is 1. The number of hydrazine groups is 1. The third-order valence-electron chi connectivity index (χ3n) is 2.75. The highest BCUT2D eigenvalue weighted by atomic mass is 79.9. The second-order valence-electron chi connectivity index (χ2n) is 4.31. The van der Waals surface area contributed by atoms with Crippen molar-refractivity contribution in [2.75, 3.05) is 26.2 Å². The van der Waals surface area contributed by atoms with Crippen molar-refractivity contribution >= 4 is 33.4 Å². The maximum atomic E-state index is 11.9. The van der Waals surface area contributed by atoms with Crippen molar-refractivity contribution in [1.29, 1.82) is 0 Å². The zero-order valence-corrected chi connectivity index (χ0v) is 14.1. The molecule has 0 aliphatic carbocycles. The van der Waals surface area contributed by atoms with E-state index in [1.165, 1.54) is 11.9 Å². The van der Waals surface area contributed by atoms with E-state index in [-0.39, 0.29) is 12.4 Å². The molecular weight excluding hydrogens is 340 g/mol. The Kier molecular flexibility index (Phi) is 6.64. The van der Waals surface area contributed by atoms with Gasteiger partial charge in [-0.15, -0.1) is 0 Å². The van der Waals surface area contributed by atoms with Gasteiger partial charge in [0.05, 0.1) is 23.9 Å². The first-order valence-corrected chi connectivity index (χ1v) is 7.20. The Hall–Kier alpha value is -1.60. The number of esters is 1. The average molecular weight is 359 g/mol. The number of para-hydroxylation sites is 1. The highest BCUT2D eigenvalue weighted by Gasteiger charge is 2.30. The lowest BCUT2D eigenvalue weighted by Crippen LogP contribution is -2.47. The second kappa shape index (κ2) is 7.99. The van der Waals surface area contributed by atoms with E-state index < -0.39 is 12.0 Å². The topological polar surface area (TPSA) is 67.9 Å². The molecule has 0 bridgehead atoms. The smallest absolute Gasteiger partial charge is 0.332 e. The summed E-state index contributed by atoms with van der Waals surface area (Å²) in [7, 11) is 3.14. The fourth-order valence-electron chi connectivity index (χ4n) is 1.88. The molecule has 6 nitrogen and oxygen atoms in total. The number of methoxy groups -OCH3 is 1. The molecule has 21 heavy (non-hydrogen) atoms. The fraction of sp³-hybridized carbons (Fsp3) is 0.429. The number of Topliss-reactive ketones (excluding diaryl/α,β-unsaturated/α-hetero) is 1. The van der Waals surface area contributed by atoms with E-state index in [9.17, 15) is 9.59 Å². The number of ether oxygens (including phenoxy) is 2. The van der Waals surface area contributed by atoms with E-state index >= 15 is 0 Å². The first-order chi connectivity index (χ1) is 9.92. The van der Waals surface area contributed by atoms with Crippen LogP contribution in [0.2, 0.25) is 0 Å². The minimum atomic E-state index is -1.02. The summed E-state index contributed by atoms with van der Waals surface area (Å²) in [6.07, 6.45) is 0. The third-order valence-corrected chi connectivity index (χ3v) is 3.37. The van der Waals surface area contributed by atoms with Gasteiger partial charge in [-0.3, -0.25) is 4.79 Å². The van der Waals surface area contributed by atoms with Gasteiger partial charge in [-0.2, -0.15) is 0 Å². The van der Waals surface area contributed by atoms with E-state index in [1.807, 2.05) is 12.1 Å². The summed E-state index contributed by atoms with van der Waals surface area (Å²) in [4.78, 5) is 23.6. The summed E-state index contributed by atoms with van der Waals surface area (Å²) in [5, 5.41) is 1.41. The molecule has 0 saturated carbocycles. The molecule has 0 amide bonds. The Bertz CT molecular complexity index is 522. The summed E-state index contributed by atoms with van der Waals surface area (Å²) in [5.74, 6) is -0.318. The van der Waals surface area contributed by atoms with Crippen LogP contribution in [-0.4, -0.2) is 43.6 Å². The lowest BCUT2D eigenvalue weighted by molar-refractivity contribution is -0.151. The quantitative estimate of drug-likeness (QED) is 0.458. The van der Waals surface area contributed by atoms with Crippen molar-refractivity contribution in [3.8, 4) is 5.75 Å². The van der Waals surface area contributed by atoms with Crippen molar-refractivity contribution in [3.05, 3.63) is 22.7 Å². The zero-order valence-electron chi connectivity index (χ0n) is 12.5. The first kappa shape index (κ1) is 17.5. The Morgan fingerprint density at radius 3 is 2.62 bits per heavy atom. The molecule has 0 saturated heterocycles. The molecule has 1 rings (SSSR count). The molecule has 0 fully saturated rings. The van der Waals surface area contributed by atoms with Crippen LogP contribution in [0.1, 0.15) is 13.8 Å². The highest BCUT2D eigenvalue weighted by molar-refractivity contribution is 9.10. The molecule has 1 N–H and O–H groups in total. The molecule has 0 aliphatic rings. The van der Waals surface area contributed by atoms with E-state index in [4.69, 9.17) is 9.47 Å². The average Bonchev–Trinajstić information content (AvgIpc) is 2.38. The molecule has 1 unspecified atom stereocenters. The number of nitrogens with zero attached hydrogens (tertiary/aromatic N) is 1. The molecule has 0 aliphatic heterocycles. The molecule has 116 valence electrons. The number of hydrogen-bond acceptors (Lipinski definition) is 6. The number of hydrogen-bond donors (Lipinski definition) is 1. The van der Waals surface area contributed by atoms with Gasteiger partial charge in [-0.25, -0.2) is 9.80 Å². The van der Waals surface area contributed by atoms with Crippen LogP contribution in [0.15, 0.2) is 22.7 Å². The van der Waals surface area contributed by atoms with Gasteiger partial charge in [-0.1, -0.05) is 6.07 Å². The van der Waals surface area contributed by atoms with Gasteiger partial charge in [0.15, 0.2) is 17.6 Å². The van der Waals surface area contributed by atoms with Crippen molar-refractivity contribution in [2.45, 2.75) is 19.9 Å². The van der Waals surface area contributed by atoms with E-state index in [0.717, 1.165) is 4.47 Å². The number of carbonyl (C=O) groups is 2. The van der Waals surface area contributed by atoms with Gasteiger partial charge in [-0.05, 0) is 41.9 Å². The monoisotopic (exact) mass is 358 g/mol. The van der Waals surface area contributed by atoms with Crippen LogP contribution in [0.25, 0.3) is 0 Å². The lowest BCUT2D eigenvalue weighted by Gasteiger charge is -2.26. The van der Waals surface area contributed by atoms with Crippen molar-refractivity contribution < 1.29 is 19.1 Å². The Balaban J connectivity index is 2.97. The van der Waals surface area contributed by atoms with Gasteiger partial charge in [0.25, 0.3) is 0 Å². The molecule has 1 atom stereocenters. The summed E-state index contributed by atoms with van der Waals surface area (Å²) in [6, 6.07) is 4.41. The molecule has 0 radical (unpaired) electrons. The SMILES string of the molecule is CCOC(=O)C(C(C)=O)N(C)Nc1cccc(Br)c1OC. The number of halogens is 1. The van der Waals surface area contributed by atoms with Crippen molar-refractivity contribution in [2.24, 2.45) is 0 Å². The van der Waals surface area contributed by atoms with Crippen LogP contribution in [0.3, 0.4) is 0 Å². The van der Waals surface area contributed by atoms with Gasteiger partial charge < -0.3 is 14.9 Å². The molecule has 1 aromatic carbocycles. The van der Waals surface area contributed by atoms with E-state index in [2.05, 4.69) is 21.4 Å². The summed E-state index contributed by atoms with van der Waals surface area (Å²) < 4.78 is 11.0. The van der Waals surface area contributed by atoms with Gasteiger partial charge >= 0.3 is 5.97 Å². The van der Waals surface area contributed by atoms with Crippen LogP contribution in [0.5, 0.6) is 5.75 Å². The Labute approximate surface area is 132 Å². The summed E-state index contributed by atoms with van der Waals surface area (Å²) in [6.45, 7) is 3.26. The number of nitrogens with one attached hydrogen (secondary N) is 1. The molecule has 0 spiro atoms. The van der Waals surface area contributed by atoms with Gasteiger partial charge in [0.1, 0.15) is 0 Å². The third kappa shape index (κ3) is 4.44. The standard InChI is InChI=1S/C14H19BrN2O4/c1-5-21-14(19)12(9(2)18)17(3)16-11-8-6-7-10(15)13(11)20-4/h6-8,12,16H,5H2,1-4H3. The van der Waals surface area contributed by atoms with Gasteiger partial charge in [0, 0.05) is 7.05 Å². The Morgan fingerprint density at radius 1 is 1.43 bits per heavy atom. The maximum absolute atomic E-state index is 11.9. The van der Waals surface area contributed by atoms with E-state index in [0.29, 0.717) is 11.4 Å². The minimum Gasteiger partial charge on any atom is -0.493 e. The van der Waals surface area contributed by atoms with Crippen LogP contribution in [-0.2, 0) is 14.3 Å². The van der Waals surface area contributed by atoms with Crippen LogP contribution in [0, 0.1) is 0 Å². The Morgan fingerprint density at radius 2 is 2.10 bits per heavy atom. The van der Waals surface area contributed by atoms with E-state index in [1.54, 1.807) is 27.1 Å². The first-order valence-electron chi connectivity index (χ1n) is 6.41. The number of ketones is 1.